The molecule has 16 heavy (non-hydrogen) atoms. The Morgan fingerprint density at radius 1 is 1.62 bits per heavy atom. The van der Waals surface area contributed by atoms with Crippen LogP contribution in [-0.2, 0) is 13.6 Å². The summed E-state index contributed by atoms with van der Waals surface area (Å²) in [6.07, 6.45) is 2.10. The number of halogens is 1. The molecule has 6 nitrogen and oxygen atoms in total. The summed E-state index contributed by atoms with van der Waals surface area (Å²) in [5.74, 6) is 0.0809. The van der Waals surface area contributed by atoms with Crippen LogP contribution in [0.2, 0.25) is 0 Å². The third-order valence-corrected chi connectivity index (χ3v) is 2.66. The van der Waals surface area contributed by atoms with Gasteiger partial charge >= 0.3 is 0 Å². The minimum Gasteiger partial charge on any atom is -0.390 e. The summed E-state index contributed by atoms with van der Waals surface area (Å²) < 4.78 is 2.86. The molecule has 1 atom stereocenters. The number of aliphatic hydroxyl groups is 1. The predicted octanol–water partition coefficient (Wildman–Crippen LogP) is -0.270. The Morgan fingerprint density at radius 3 is 3.06 bits per heavy atom. The minimum absolute atomic E-state index is 0.0809. The Morgan fingerprint density at radius 2 is 2.38 bits per heavy atom. The number of aliphatic hydroxyl groups excluding tert-OH is 1. The van der Waals surface area contributed by atoms with Crippen molar-refractivity contribution in [1.29, 1.82) is 0 Å². The van der Waals surface area contributed by atoms with Gasteiger partial charge in [0.1, 0.15) is 11.7 Å². The first-order chi connectivity index (χ1) is 7.63. The second kappa shape index (κ2) is 4.23. The number of fused-ring (bicyclic) bond motifs is 1. The Labute approximate surface area is 96.1 Å². The maximum atomic E-state index is 11.9. The first-order valence-electron chi connectivity index (χ1n) is 4.74. The maximum absolute atomic E-state index is 11.9. The highest BCUT2D eigenvalue weighted by Gasteiger charge is 2.10. The standard InChI is InChI=1S/C9H11ClN4O2/c1-13-8-7(3-12-13)9(16)14(5-11-8)4-6(15)2-10/h3,5-6,15H,2,4H2,1H3. The minimum atomic E-state index is -0.754. The van der Waals surface area contributed by atoms with Crippen molar-refractivity contribution in [3.63, 3.8) is 0 Å². The van der Waals surface area contributed by atoms with Gasteiger partial charge in [-0.25, -0.2) is 4.98 Å². The van der Waals surface area contributed by atoms with Crippen molar-refractivity contribution >= 4 is 22.6 Å². The van der Waals surface area contributed by atoms with Gasteiger partial charge < -0.3 is 5.11 Å². The molecule has 86 valence electrons. The van der Waals surface area contributed by atoms with Crippen molar-refractivity contribution in [1.82, 2.24) is 19.3 Å². The first-order valence-corrected chi connectivity index (χ1v) is 5.28. The quantitative estimate of drug-likeness (QED) is 0.752. The Bertz CT molecular complexity index is 562. The van der Waals surface area contributed by atoms with E-state index >= 15 is 0 Å². The fourth-order valence-electron chi connectivity index (χ4n) is 1.47. The lowest BCUT2D eigenvalue weighted by Crippen LogP contribution is -2.27. The van der Waals surface area contributed by atoms with E-state index in [1.807, 2.05) is 0 Å². The fourth-order valence-corrected chi connectivity index (χ4v) is 1.57. The van der Waals surface area contributed by atoms with Crippen molar-refractivity contribution in [3.8, 4) is 0 Å². The topological polar surface area (TPSA) is 72.9 Å². The smallest absolute Gasteiger partial charge is 0.264 e. The average Bonchev–Trinajstić information content (AvgIpc) is 2.65. The molecule has 1 unspecified atom stereocenters. The number of hydrogen-bond acceptors (Lipinski definition) is 4. The number of alkyl halides is 1. The van der Waals surface area contributed by atoms with Crippen LogP contribution in [0.1, 0.15) is 0 Å². The largest absolute Gasteiger partial charge is 0.390 e. The van der Waals surface area contributed by atoms with Crippen LogP contribution in [0.15, 0.2) is 17.3 Å². The monoisotopic (exact) mass is 242 g/mol. The summed E-state index contributed by atoms with van der Waals surface area (Å²) in [6.45, 7) is 0.139. The molecule has 1 N–H and O–H groups in total. The molecule has 2 aromatic rings. The fraction of sp³-hybridized carbons (Fsp3) is 0.444. The van der Waals surface area contributed by atoms with Crippen molar-refractivity contribution in [2.75, 3.05) is 5.88 Å². The zero-order valence-electron chi connectivity index (χ0n) is 8.67. The van der Waals surface area contributed by atoms with Gasteiger partial charge in [-0.1, -0.05) is 0 Å². The Balaban J connectivity index is 2.49. The van der Waals surface area contributed by atoms with Crippen LogP contribution in [0.25, 0.3) is 11.0 Å². The highest BCUT2D eigenvalue weighted by atomic mass is 35.5. The van der Waals surface area contributed by atoms with Crippen LogP contribution in [0.4, 0.5) is 0 Å². The molecule has 0 aliphatic rings. The maximum Gasteiger partial charge on any atom is 0.264 e. The Hall–Kier alpha value is -1.40. The van der Waals surface area contributed by atoms with E-state index in [4.69, 9.17) is 11.6 Å². The van der Waals surface area contributed by atoms with E-state index in [1.54, 1.807) is 7.05 Å². The van der Waals surface area contributed by atoms with Crippen LogP contribution in [0.3, 0.4) is 0 Å². The molecule has 2 aromatic heterocycles. The molecule has 0 radical (unpaired) electrons. The first kappa shape index (κ1) is 11.1. The van der Waals surface area contributed by atoms with E-state index in [0.29, 0.717) is 11.0 Å². The van der Waals surface area contributed by atoms with Gasteiger partial charge in [0.05, 0.1) is 24.7 Å². The van der Waals surface area contributed by atoms with Crippen LogP contribution >= 0.6 is 11.6 Å². The molecule has 0 bridgehead atoms. The molecule has 0 fully saturated rings. The highest BCUT2D eigenvalue weighted by Crippen LogP contribution is 2.03. The van der Waals surface area contributed by atoms with Crippen LogP contribution < -0.4 is 5.56 Å². The molecule has 2 rings (SSSR count). The molecule has 7 heteroatoms. The van der Waals surface area contributed by atoms with Gasteiger partial charge in [-0.2, -0.15) is 5.10 Å². The lowest BCUT2D eigenvalue weighted by atomic mass is 10.3. The number of aromatic nitrogens is 4. The van der Waals surface area contributed by atoms with Crippen LogP contribution in [0, 0.1) is 0 Å². The molecule has 0 aromatic carbocycles. The number of hydrogen-bond donors (Lipinski definition) is 1. The molecule has 0 aliphatic carbocycles. The van der Waals surface area contributed by atoms with E-state index < -0.39 is 6.10 Å². The predicted molar refractivity (Wildman–Crippen MR) is 59.5 cm³/mol. The summed E-state index contributed by atoms with van der Waals surface area (Å²) in [5, 5.41) is 13.8. The number of nitrogens with zero attached hydrogens (tertiary/aromatic N) is 4. The Kier molecular flexibility index (Phi) is 2.93. The van der Waals surface area contributed by atoms with Crippen molar-refractivity contribution < 1.29 is 5.11 Å². The molecular weight excluding hydrogens is 232 g/mol. The molecule has 0 spiro atoms. The molecule has 0 saturated heterocycles. The second-order valence-electron chi connectivity index (χ2n) is 3.52. The van der Waals surface area contributed by atoms with Gasteiger partial charge in [0.2, 0.25) is 0 Å². The van der Waals surface area contributed by atoms with E-state index in [2.05, 4.69) is 10.1 Å². The molecular formula is C9H11ClN4O2. The SMILES string of the molecule is Cn1ncc2c(=O)n(CC(O)CCl)cnc21. The molecule has 2 heterocycles. The summed E-state index contributed by atoms with van der Waals surface area (Å²) >= 11 is 5.47. The summed E-state index contributed by atoms with van der Waals surface area (Å²) in [5.41, 5.74) is 0.309. The van der Waals surface area contributed by atoms with E-state index in [0.717, 1.165) is 0 Å². The molecule has 0 amide bonds. The second-order valence-corrected chi connectivity index (χ2v) is 3.82. The van der Waals surface area contributed by atoms with Crippen molar-refractivity contribution in [2.24, 2.45) is 7.05 Å². The number of aryl methyl sites for hydroxylation is 1. The van der Waals surface area contributed by atoms with E-state index in [-0.39, 0.29) is 18.0 Å². The van der Waals surface area contributed by atoms with Gasteiger partial charge in [-0.3, -0.25) is 14.0 Å². The normalized spacial score (nSPS) is 13.2. The van der Waals surface area contributed by atoms with E-state index in [1.165, 1.54) is 21.8 Å². The highest BCUT2D eigenvalue weighted by molar-refractivity contribution is 6.18. The summed E-state index contributed by atoms with van der Waals surface area (Å²) in [4.78, 5) is 16.0. The lowest BCUT2D eigenvalue weighted by molar-refractivity contribution is 0.175. The van der Waals surface area contributed by atoms with Crippen LogP contribution in [-0.4, -0.2) is 36.4 Å². The van der Waals surface area contributed by atoms with Gasteiger partial charge in [-0.15, -0.1) is 11.6 Å². The van der Waals surface area contributed by atoms with E-state index in [9.17, 15) is 9.90 Å². The zero-order chi connectivity index (χ0) is 11.7. The van der Waals surface area contributed by atoms with Gasteiger partial charge in [0.15, 0.2) is 5.65 Å². The van der Waals surface area contributed by atoms with Gasteiger partial charge in [0.25, 0.3) is 5.56 Å². The lowest BCUT2D eigenvalue weighted by Gasteiger charge is -2.08. The number of rotatable bonds is 3. The average molecular weight is 243 g/mol. The van der Waals surface area contributed by atoms with Crippen molar-refractivity contribution in [3.05, 3.63) is 22.9 Å². The molecule has 0 aliphatic heterocycles. The van der Waals surface area contributed by atoms with Gasteiger partial charge in [-0.05, 0) is 0 Å². The van der Waals surface area contributed by atoms with Crippen molar-refractivity contribution in [2.45, 2.75) is 12.6 Å². The molecule has 0 saturated carbocycles. The summed E-state index contributed by atoms with van der Waals surface area (Å²) in [7, 11) is 1.72. The zero-order valence-corrected chi connectivity index (χ0v) is 9.42. The third kappa shape index (κ3) is 1.81. The third-order valence-electron chi connectivity index (χ3n) is 2.30. The summed E-state index contributed by atoms with van der Waals surface area (Å²) in [6, 6.07) is 0. The van der Waals surface area contributed by atoms with Gasteiger partial charge in [0, 0.05) is 7.05 Å². The van der Waals surface area contributed by atoms with Crippen LogP contribution in [0.5, 0.6) is 0 Å².